The van der Waals surface area contributed by atoms with Crippen LogP contribution in [-0.2, 0) is 0 Å². The molecule has 2 aliphatic rings. The summed E-state index contributed by atoms with van der Waals surface area (Å²) in [5.41, 5.74) is 12.2. The number of fused-ring (bicyclic) bond motifs is 13. The summed E-state index contributed by atoms with van der Waals surface area (Å²) >= 11 is 0. The smallest absolute Gasteiger partial charge is 0.269 e. The number of anilines is 2. The molecule has 0 fully saturated rings. The Bertz CT molecular complexity index is 5370. The van der Waals surface area contributed by atoms with Crippen molar-refractivity contribution in [3.05, 3.63) is 198 Å². The van der Waals surface area contributed by atoms with Crippen LogP contribution in [0.1, 0.15) is 33.1 Å². The molecule has 2 aliphatic heterocycles. The zero-order valence-corrected chi connectivity index (χ0v) is 53.7. The zero-order valence-electron chi connectivity index (χ0n) is 53.7. The summed E-state index contributed by atoms with van der Waals surface area (Å²) in [7, 11) is 14.4. The number of aromatic amines is 2. The molecule has 474 valence electrons. The molecular formula is C78H61N7O11. The molecule has 0 unspecified atom stereocenters. The lowest BCUT2D eigenvalue weighted by atomic mass is 10.00. The number of H-pyrrole nitrogens is 2. The summed E-state index contributed by atoms with van der Waals surface area (Å²) in [6.45, 7) is 0. The maximum absolute atomic E-state index is 15.9. The van der Waals surface area contributed by atoms with E-state index in [9.17, 15) is 0 Å². The number of methoxy groups -OCH3 is 9. The number of carbonyl (C=O) groups excluding carboxylic acids is 1. The van der Waals surface area contributed by atoms with Crippen LogP contribution in [-0.4, -0.2) is 99.8 Å². The second-order valence-corrected chi connectivity index (χ2v) is 22.6. The van der Waals surface area contributed by atoms with Gasteiger partial charge in [0.1, 0.15) is 74.5 Å². The van der Waals surface area contributed by atoms with Gasteiger partial charge in [0, 0.05) is 108 Å². The number of nitrogens with one attached hydrogen (secondary N) is 2. The number of rotatable bonds is 16. The van der Waals surface area contributed by atoms with Crippen molar-refractivity contribution in [3.63, 3.8) is 0 Å². The van der Waals surface area contributed by atoms with E-state index in [1.165, 1.54) is 0 Å². The number of hydrogen-bond acceptors (Lipinski definition) is 15. The molecule has 1 amide bonds. The van der Waals surface area contributed by atoms with E-state index in [4.69, 9.17) is 67.0 Å². The molecule has 2 N–H and O–H groups in total. The summed E-state index contributed by atoms with van der Waals surface area (Å²) in [6.07, 6.45) is 7.86. The quantitative estimate of drug-likeness (QED) is 0.0925. The van der Waals surface area contributed by atoms with Gasteiger partial charge in [-0.15, -0.1) is 0 Å². The Hall–Kier alpha value is -12.6. The van der Waals surface area contributed by atoms with Gasteiger partial charge in [0.05, 0.1) is 120 Å². The van der Waals surface area contributed by atoms with Crippen LogP contribution in [0.4, 0.5) is 11.6 Å². The second kappa shape index (κ2) is 24.5. The molecule has 13 aromatic rings. The average Bonchev–Trinajstić information content (AvgIpc) is 1.54. The Morgan fingerprint density at radius 3 is 1.11 bits per heavy atom. The number of amides is 1. The first kappa shape index (κ1) is 59.7. The molecule has 96 heavy (non-hydrogen) atoms. The molecule has 18 heteroatoms. The van der Waals surface area contributed by atoms with Crippen molar-refractivity contribution in [2.75, 3.05) is 68.9 Å². The molecule has 0 saturated heterocycles. The SMILES string of the molecule is COc1cc(OC)c(-c2c3nc(c(-c4c(OC)cc(OC)cc4OC)c4ccc([nH]4)c(-c4cccc5c4oc4c(C(=O)N(c6ccc7ccccc7n6)c6ccc7ccccc7n6)cccc45)c4nc(c(-c5c(OC)cc(OC)cc5OC)c5ccc2[nH]5)C=C4)C=C3)c(OC)c1. The number of nitrogens with zero attached hydrogens (tertiary/aromatic N) is 5. The number of ether oxygens (including phenoxy) is 9. The maximum Gasteiger partial charge on any atom is 0.269 e. The highest BCUT2D eigenvalue weighted by atomic mass is 16.5. The fourth-order valence-corrected chi connectivity index (χ4v) is 13.0. The van der Waals surface area contributed by atoms with Crippen LogP contribution in [0, 0.1) is 0 Å². The number of para-hydroxylation sites is 4. The zero-order chi connectivity index (χ0) is 65.9. The lowest BCUT2D eigenvalue weighted by Crippen LogP contribution is -2.27. The molecule has 0 atom stereocenters. The third-order valence-electron chi connectivity index (χ3n) is 17.5. The average molecular weight is 1270 g/mol. The largest absolute Gasteiger partial charge is 0.496 e. The van der Waals surface area contributed by atoms with Crippen LogP contribution < -0.4 is 47.5 Å². The van der Waals surface area contributed by atoms with Crippen molar-refractivity contribution in [1.29, 1.82) is 0 Å². The number of hydrogen-bond donors (Lipinski definition) is 2. The van der Waals surface area contributed by atoms with Crippen LogP contribution in [0.3, 0.4) is 0 Å². The molecule has 0 saturated carbocycles. The van der Waals surface area contributed by atoms with Gasteiger partial charge in [-0.2, -0.15) is 0 Å². The van der Waals surface area contributed by atoms with Gasteiger partial charge < -0.3 is 57.0 Å². The number of furan rings is 1. The van der Waals surface area contributed by atoms with E-state index >= 15 is 4.79 Å². The number of carbonyl (C=O) groups is 1. The Morgan fingerprint density at radius 1 is 0.354 bits per heavy atom. The van der Waals surface area contributed by atoms with Gasteiger partial charge in [0.15, 0.2) is 0 Å². The molecular weight excluding hydrogens is 1210 g/mol. The number of benzene rings is 7. The predicted molar refractivity (Wildman–Crippen MR) is 377 cm³/mol. The predicted octanol–water partition coefficient (Wildman–Crippen LogP) is 17.4. The Labute approximate surface area is 550 Å². The fraction of sp³-hybridized carbons (Fsp3) is 0.115. The highest BCUT2D eigenvalue weighted by molar-refractivity contribution is 6.21. The van der Waals surface area contributed by atoms with Crippen LogP contribution in [0.15, 0.2) is 174 Å². The summed E-state index contributed by atoms with van der Waals surface area (Å²) in [6, 6.07) is 53.7. The van der Waals surface area contributed by atoms with E-state index in [0.717, 1.165) is 27.2 Å². The van der Waals surface area contributed by atoms with Gasteiger partial charge in [-0.1, -0.05) is 66.7 Å². The van der Waals surface area contributed by atoms with Gasteiger partial charge in [-0.3, -0.25) is 4.79 Å². The third kappa shape index (κ3) is 10.0. The number of aromatic nitrogens is 6. The van der Waals surface area contributed by atoms with E-state index in [1.807, 2.05) is 188 Å². The van der Waals surface area contributed by atoms with E-state index in [0.29, 0.717) is 169 Å². The first-order chi connectivity index (χ1) is 47.1. The minimum Gasteiger partial charge on any atom is -0.496 e. The summed E-state index contributed by atoms with van der Waals surface area (Å²) in [5.74, 6) is 4.67. The summed E-state index contributed by atoms with van der Waals surface area (Å²) < 4.78 is 62.1. The van der Waals surface area contributed by atoms with Crippen LogP contribution >= 0.6 is 0 Å². The molecule has 18 nitrogen and oxygen atoms in total. The second-order valence-electron chi connectivity index (χ2n) is 22.6. The van der Waals surface area contributed by atoms with Gasteiger partial charge in [0.2, 0.25) is 0 Å². The van der Waals surface area contributed by atoms with E-state index in [2.05, 4.69) is 9.97 Å². The third-order valence-corrected chi connectivity index (χ3v) is 17.5. The fourth-order valence-electron chi connectivity index (χ4n) is 13.0. The van der Waals surface area contributed by atoms with E-state index < -0.39 is 5.91 Å². The molecule has 0 aliphatic carbocycles. The Kier molecular flexibility index (Phi) is 15.2. The Balaban J connectivity index is 1.06. The van der Waals surface area contributed by atoms with Crippen molar-refractivity contribution >= 4 is 108 Å². The monoisotopic (exact) mass is 1270 g/mol. The van der Waals surface area contributed by atoms with Crippen LogP contribution in [0.25, 0.3) is 135 Å². The van der Waals surface area contributed by atoms with Crippen molar-refractivity contribution in [2.24, 2.45) is 0 Å². The first-order valence-corrected chi connectivity index (χ1v) is 30.7. The molecule has 15 rings (SSSR count). The maximum atomic E-state index is 15.9. The van der Waals surface area contributed by atoms with Crippen LogP contribution in [0.5, 0.6) is 51.7 Å². The van der Waals surface area contributed by atoms with E-state index in [1.54, 1.807) is 75.0 Å². The van der Waals surface area contributed by atoms with E-state index in [-0.39, 0.29) is 5.56 Å². The van der Waals surface area contributed by atoms with Crippen molar-refractivity contribution < 1.29 is 51.8 Å². The molecule has 7 aromatic carbocycles. The Morgan fingerprint density at radius 2 is 0.719 bits per heavy atom. The highest BCUT2D eigenvalue weighted by Gasteiger charge is 2.31. The van der Waals surface area contributed by atoms with Gasteiger partial charge in [-0.25, -0.2) is 24.8 Å². The first-order valence-electron chi connectivity index (χ1n) is 30.7. The van der Waals surface area contributed by atoms with Crippen molar-refractivity contribution in [1.82, 2.24) is 29.9 Å². The minimum atomic E-state index is -0.399. The molecule has 0 spiro atoms. The standard InChI is InChI=1S/C78H61N7O11/c1-87-44-36-61(90-4)73(62(37-44)91-5)70-55-28-26-53(79-55)69(49-20-14-18-47-48-19-15-21-50(77(48)96-76(47)49)78(86)85(67-34-24-42-16-10-12-22-51(42)83-67)68-35-25-43-17-11-13-23-52(43)84-68)54-27-29-56(80-54)71(74-63(92-6)38-45(88-2)39-64(74)93-7)58-31-33-60(82-58)72(59-32-30-57(70)81-59)75-65(94-8)40-46(89-3)41-66(75)95-9/h10-41,79,82H,1-9H3. The summed E-state index contributed by atoms with van der Waals surface area (Å²) in [5, 5.41) is 3.30. The molecule has 0 radical (unpaired) electrons. The van der Waals surface area contributed by atoms with Crippen molar-refractivity contribution in [3.8, 4) is 96.3 Å². The lowest BCUT2D eigenvalue weighted by Gasteiger charge is -2.22. The van der Waals surface area contributed by atoms with Gasteiger partial charge in [0.25, 0.3) is 5.91 Å². The molecule has 8 heterocycles. The topological polar surface area (TPSA) is 200 Å². The van der Waals surface area contributed by atoms with Crippen molar-refractivity contribution in [2.45, 2.75) is 0 Å². The van der Waals surface area contributed by atoms with Gasteiger partial charge >= 0.3 is 0 Å². The normalized spacial score (nSPS) is 11.8. The number of pyridine rings is 2. The van der Waals surface area contributed by atoms with Gasteiger partial charge in [-0.05, 0) is 91.0 Å². The molecule has 6 aromatic heterocycles. The van der Waals surface area contributed by atoms with Crippen LogP contribution in [0.2, 0.25) is 0 Å². The minimum absolute atomic E-state index is 0.290. The summed E-state index contributed by atoms with van der Waals surface area (Å²) in [4.78, 5) is 46.5. The highest BCUT2D eigenvalue weighted by Crippen LogP contribution is 2.51. The lowest BCUT2D eigenvalue weighted by molar-refractivity contribution is 0.0998. The molecule has 8 bridgehead atoms.